The molecule has 0 saturated heterocycles. The van der Waals surface area contributed by atoms with Crippen molar-refractivity contribution in [3.8, 4) is 0 Å². The van der Waals surface area contributed by atoms with Crippen molar-refractivity contribution in [2.45, 2.75) is 38.1 Å². The third-order valence-electron chi connectivity index (χ3n) is 2.41. The molecule has 1 heterocycles. The van der Waals surface area contributed by atoms with E-state index >= 15 is 0 Å². The number of hydrogen-bond acceptors (Lipinski definition) is 3. The molecule has 0 fully saturated rings. The van der Waals surface area contributed by atoms with Crippen LogP contribution < -0.4 is 10.0 Å². The lowest BCUT2D eigenvalue weighted by atomic mass is 10.3. The zero-order valence-corrected chi connectivity index (χ0v) is 11.2. The molecule has 1 aromatic heterocycles. The minimum absolute atomic E-state index is 0.307. The van der Waals surface area contributed by atoms with Crippen molar-refractivity contribution in [3.63, 3.8) is 0 Å². The quantitative estimate of drug-likeness (QED) is 0.614. The van der Waals surface area contributed by atoms with E-state index in [9.17, 15) is 8.42 Å². The molecule has 3 N–H and O–H groups in total. The summed E-state index contributed by atoms with van der Waals surface area (Å²) in [7, 11) is -3.35. The summed E-state index contributed by atoms with van der Waals surface area (Å²) in [6.07, 6.45) is 3.36. The molecule has 0 aliphatic carbocycles. The van der Waals surface area contributed by atoms with Gasteiger partial charge in [0.2, 0.25) is 10.0 Å². The summed E-state index contributed by atoms with van der Waals surface area (Å²) in [6.45, 7) is 6.04. The SMILES string of the molecule is CCCCNS(=O)(=O)c1c[nH]c(CNCC)c1. The van der Waals surface area contributed by atoms with Crippen molar-refractivity contribution >= 4 is 10.0 Å². The van der Waals surface area contributed by atoms with Gasteiger partial charge < -0.3 is 10.3 Å². The molecule has 0 radical (unpaired) electrons. The Bertz CT molecular complexity index is 426. The second kappa shape index (κ2) is 6.78. The van der Waals surface area contributed by atoms with Crippen LogP contribution in [0.3, 0.4) is 0 Å². The molecule has 98 valence electrons. The zero-order valence-electron chi connectivity index (χ0n) is 10.4. The maximum absolute atomic E-state index is 11.8. The molecule has 0 saturated carbocycles. The summed E-state index contributed by atoms with van der Waals surface area (Å²) in [5, 5.41) is 3.14. The Kier molecular flexibility index (Phi) is 5.67. The van der Waals surface area contributed by atoms with Crippen molar-refractivity contribution in [1.29, 1.82) is 0 Å². The molecular formula is C11H21N3O2S. The normalized spacial score (nSPS) is 11.9. The van der Waals surface area contributed by atoms with Gasteiger partial charge in [-0.15, -0.1) is 0 Å². The Labute approximate surface area is 103 Å². The van der Waals surface area contributed by atoms with E-state index < -0.39 is 10.0 Å². The Balaban J connectivity index is 2.61. The first kappa shape index (κ1) is 14.2. The van der Waals surface area contributed by atoms with Crippen LogP contribution in [0, 0.1) is 0 Å². The number of rotatable bonds is 8. The second-order valence-corrected chi connectivity index (χ2v) is 5.66. The van der Waals surface area contributed by atoms with Crippen molar-refractivity contribution in [1.82, 2.24) is 15.0 Å². The molecule has 5 nitrogen and oxygen atoms in total. The van der Waals surface area contributed by atoms with Crippen LogP contribution in [0.15, 0.2) is 17.2 Å². The van der Waals surface area contributed by atoms with E-state index in [2.05, 4.69) is 15.0 Å². The average molecular weight is 259 g/mol. The van der Waals surface area contributed by atoms with Crippen LogP contribution in [-0.2, 0) is 16.6 Å². The van der Waals surface area contributed by atoms with Gasteiger partial charge in [-0.2, -0.15) is 0 Å². The first-order valence-electron chi connectivity index (χ1n) is 5.97. The molecule has 0 amide bonds. The number of nitrogens with one attached hydrogen (secondary N) is 3. The largest absolute Gasteiger partial charge is 0.363 e. The van der Waals surface area contributed by atoms with Gasteiger partial charge in [0.15, 0.2) is 0 Å². The average Bonchev–Trinajstić information content (AvgIpc) is 2.76. The predicted octanol–water partition coefficient (Wildman–Crippen LogP) is 1.20. The fourth-order valence-corrected chi connectivity index (χ4v) is 2.49. The zero-order chi connectivity index (χ0) is 12.7. The lowest BCUT2D eigenvalue weighted by Gasteiger charge is -2.03. The van der Waals surface area contributed by atoms with Gasteiger partial charge in [-0.25, -0.2) is 13.1 Å². The number of sulfonamides is 1. The topological polar surface area (TPSA) is 74.0 Å². The molecule has 6 heteroatoms. The monoisotopic (exact) mass is 259 g/mol. The smallest absolute Gasteiger partial charge is 0.242 e. The summed E-state index contributed by atoms with van der Waals surface area (Å²) in [5.41, 5.74) is 0.878. The third-order valence-corrected chi connectivity index (χ3v) is 3.85. The summed E-state index contributed by atoms with van der Waals surface area (Å²) >= 11 is 0. The van der Waals surface area contributed by atoms with Gasteiger partial charge in [-0.05, 0) is 19.0 Å². The van der Waals surface area contributed by atoms with E-state index in [1.807, 2.05) is 13.8 Å². The lowest BCUT2D eigenvalue weighted by Crippen LogP contribution is -2.24. The Morgan fingerprint density at radius 3 is 2.76 bits per heavy atom. The summed E-state index contributed by atoms with van der Waals surface area (Å²) in [6, 6.07) is 1.66. The lowest BCUT2D eigenvalue weighted by molar-refractivity contribution is 0.578. The van der Waals surface area contributed by atoms with Crippen LogP contribution in [0.4, 0.5) is 0 Å². The highest BCUT2D eigenvalue weighted by molar-refractivity contribution is 7.89. The van der Waals surface area contributed by atoms with Gasteiger partial charge >= 0.3 is 0 Å². The fourth-order valence-electron chi connectivity index (χ4n) is 1.40. The first-order valence-corrected chi connectivity index (χ1v) is 7.46. The Morgan fingerprint density at radius 2 is 2.12 bits per heavy atom. The molecule has 17 heavy (non-hydrogen) atoms. The highest BCUT2D eigenvalue weighted by atomic mass is 32.2. The summed E-state index contributed by atoms with van der Waals surface area (Å²) < 4.78 is 26.3. The van der Waals surface area contributed by atoms with Crippen molar-refractivity contribution in [2.75, 3.05) is 13.1 Å². The standard InChI is InChI=1S/C11H21N3O2S/c1-3-5-6-14-17(15,16)11-7-10(13-9-11)8-12-4-2/h7,9,12-14H,3-6,8H2,1-2H3. The molecule has 0 spiro atoms. The Morgan fingerprint density at radius 1 is 1.35 bits per heavy atom. The number of H-pyrrole nitrogens is 1. The molecule has 0 unspecified atom stereocenters. The summed E-state index contributed by atoms with van der Waals surface area (Å²) in [4.78, 5) is 3.26. The number of hydrogen-bond donors (Lipinski definition) is 3. The molecule has 1 rings (SSSR count). The molecular weight excluding hydrogens is 238 g/mol. The van der Waals surface area contributed by atoms with Crippen LogP contribution >= 0.6 is 0 Å². The molecule has 0 atom stereocenters. The van der Waals surface area contributed by atoms with Gasteiger partial charge in [0.1, 0.15) is 0 Å². The predicted molar refractivity (Wildman–Crippen MR) is 68.3 cm³/mol. The van der Waals surface area contributed by atoms with Crippen LogP contribution in [0.1, 0.15) is 32.4 Å². The Hall–Kier alpha value is -0.850. The molecule has 0 aliphatic rings. The highest BCUT2D eigenvalue weighted by Crippen LogP contribution is 2.10. The van der Waals surface area contributed by atoms with Crippen molar-refractivity contribution in [3.05, 3.63) is 18.0 Å². The van der Waals surface area contributed by atoms with Crippen molar-refractivity contribution < 1.29 is 8.42 Å². The van der Waals surface area contributed by atoms with Gasteiger partial charge in [-0.1, -0.05) is 20.3 Å². The maximum atomic E-state index is 11.8. The number of aromatic amines is 1. The summed E-state index contributed by atoms with van der Waals surface area (Å²) in [5.74, 6) is 0. The fraction of sp³-hybridized carbons (Fsp3) is 0.636. The van der Waals surface area contributed by atoms with Crippen LogP contribution in [0.25, 0.3) is 0 Å². The molecule has 0 aliphatic heterocycles. The van der Waals surface area contributed by atoms with E-state index in [4.69, 9.17) is 0 Å². The molecule has 0 bridgehead atoms. The van der Waals surface area contributed by atoms with Gasteiger partial charge in [0.05, 0.1) is 4.90 Å². The first-order chi connectivity index (χ1) is 8.10. The minimum Gasteiger partial charge on any atom is -0.363 e. The van der Waals surface area contributed by atoms with E-state index in [1.54, 1.807) is 6.07 Å². The minimum atomic E-state index is -3.35. The van der Waals surface area contributed by atoms with E-state index in [0.717, 1.165) is 25.1 Å². The maximum Gasteiger partial charge on any atom is 0.242 e. The third kappa shape index (κ3) is 4.49. The van der Waals surface area contributed by atoms with Gasteiger partial charge in [-0.3, -0.25) is 0 Å². The highest BCUT2D eigenvalue weighted by Gasteiger charge is 2.14. The van der Waals surface area contributed by atoms with Crippen LogP contribution in [0.5, 0.6) is 0 Å². The second-order valence-electron chi connectivity index (χ2n) is 3.89. The number of aromatic nitrogens is 1. The number of unbranched alkanes of at least 4 members (excludes halogenated alkanes) is 1. The van der Waals surface area contributed by atoms with Gasteiger partial charge in [0.25, 0.3) is 0 Å². The van der Waals surface area contributed by atoms with Crippen molar-refractivity contribution in [2.24, 2.45) is 0 Å². The van der Waals surface area contributed by atoms with Crippen LogP contribution in [0.2, 0.25) is 0 Å². The van der Waals surface area contributed by atoms with Crippen LogP contribution in [-0.4, -0.2) is 26.5 Å². The van der Waals surface area contributed by atoms with Gasteiger partial charge in [0, 0.05) is 25.0 Å². The molecule has 0 aromatic carbocycles. The van der Waals surface area contributed by atoms with E-state index in [1.165, 1.54) is 6.20 Å². The van der Waals surface area contributed by atoms with E-state index in [0.29, 0.717) is 18.0 Å². The van der Waals surface area contributed by atoms with E-state index in [-0.39, 0.29) is 0 Å². The molecule has 1 aromatic rings.